The number of nitrogens with zero attached hydrogens (tertiary/aromatic N) is 1. The Labute approximate surface area is 92.4 Å². The number of carbonyl (C=O) groups excluding carboxylic acids is 1. The third-order valence-electron chi connectivity index (χ3n) is 2.51. The average molecular weight is 219 g/mol. The van der Waals surface area contributed by atoms with E-state index in [-0.39, 0.29) is 11.8 Å². The first-order chi connectivity index (χ1) is 7.50. The Morgan fingerprint density at radius 2 is 2.06 bits per heavy atom. The van der Waals surface area contributed by atoms with Gasteiger partial charge in [0.1, 0.15) is 0 Å². The van der Waals surface area contributed by atoms with Crippen LogP contribution >= 0.6 is 0 Å². The highest BCUT2D eigenvalue weighted by molar-refractivity contribution is 5.97. The van der Waals surface area contributed by atoms with Crippen LogP contribution in [0.25, 0.3) is 10.9 Å². The lowest BCUT2D eigenvalue weighted by molar-refractivity contribution is 0.101. The first-order valence-electron chi connectivity index (χ1n) is 5.17. The highest BCUT2D eigenvalue weighted by atomic mass is 16.5. The predicted molar refractivity (Wildman–Crippen MR) is 60.9 cm³/mol. The molecular formula is C12H13NO3. The van der Waals surface area contributed by atoms with Gasteiger partial charge in [-0.05, 0) is 39.0 Å². The molecule has 16 heavy (non-hydrogen) atoms. The smallest absolute Gasteiger partial charge is 0.335 e. The molecule has 1 aromatic heterocycles. The molecule has 0 saturated carbocycles. The van der Waals surface area contributed by atoms with Crippen molar-refractivity contribution in [3.8, 4) is 0 Å². The zero-order valence-electron chi connectivity index (χ0n) is 9.48. The minimum atomic E-state index is -0.396. The number of benzene rings is 1. The van der Waals surface area contributed by atoms with Crippen molar-refractivity contribution in [1.82, 2.24) is 4.74 Å². The molecule has 1 aromatic carbocycles. The lowest BCUT2D eigenvalue weighted by atomic mass is 10.1. The Bertz CT molecular complexity index is 604. The molecule has 0 atom stereocenters. The van der Waals surface area contributed by atoms with Crippen LogP contribution in [0.3, 0.4) is 0 Å². The van der Waals surface area contributed by atoms with Crippen LogP contribution in [0.1, 0.15) is 37.2 Å². The molecule has 0 amide bonds. The second-order valence-electron chi connectivity index (χ2n) is 4.09. The molecule has 0 N–H and O–H groups in total. The van der Waals surface area contributed by atoms with Gasteiger partial charge in [0.2, 0.25) is 0 Å². The lowest BCUT2D eigenvalue weighted by Gasteiger charge is -2.05. The first-order valence-corrected chi connectivity index (χ1v) is 5.17. The summed E-state index contributed by atoms with van der Waals surface area (Å²) in [6, 6.07) is 5.12. The number of rotatable bonds is 2. The van der Waals surface area contributed by atoms with Crippen molar-refractivity contribution in [3.63, 3.8) is 0 Å². The highest BCUT2D eigenvalue weighted by Gasteiger charge is 2.12. The number of aromatic nitrogens is 1. The molecule has 0 aliphatic carbocycles. The van der Waals surface area contributed by atoms with E-state index in [4.69, 9.17) is 4.52 Å². The van der Waals surface area contributed by atoms with E-state index in [1.807, 2.05) is 13.8 Å². The molecule has 0 fully saturated rings. The molecule has 0 saturated heterocycles. The average Bonchev–Trinajstić information content (AvgIpc) is 2.56. The Morgan fingerprint density at radius 1 is 1.38 bits per heavy atom. The van der Waals surface area contributed by atoms with Gasteiger partial charge in [-0.3, -0.25) is 4.79 Å². The molecule has 0 aliphatic heterocycles. The molecule has 2 rings (SSSR count). The quantitative estimate of drug-likeness (QED) is 0.728. The second kappa shape index (κ2) is 3.63. The highest BCUT2D eigenvalue weighted by Crippen LogP contribution is 2.17. The molecule has 4 heteroatoms. The minimum absolute atomic E-state index is 0.0569. The minimum Gasteiger partial charge on any atom is -0.335 e. The van der Waals surface area contributed by atoms with Crippen LogP contribution in [0.2, 0.25) is 0 Å². The summed E-state index contributed by atoms with van der Waals surface area (Å²) in [6.45, 7) is 5.34. The Hall–Kier alpha value is -1.84. The van der Waals surface area contributed by atoms with Crippen LogP contribution in [0, 0.1) is 0 Å². The van der Waals surface area contributed by atoms with E-state index in [0.29, 0.717) is 10.9 Å². The van der Waals surface area contributed by atoms with Crippen LogP contribution in [-0.2, 0) is 0 Å². The second-order valence-corrected chi connectivity index (χ2v) is 4.09. The number of carbonyl (C=O) groups is 1. The number of ketones is 1. The van der Waals surface area contributed by atoms with Gasteiger partial charge in [-0.25, -0.2) is 9.53 Å². The fourth-order valence-corrected chi connectivity index (χ4v) is 1.68. The van der Waals surface area contributed by atoms with Crippen LogP contribution in [-0.4, -0.2) is 10.5 Å². The molecule has 0 unspecified atom stereocenters. The van der Waals surface area contributed by atoms with Crippen LogP contribution in [0.5, 0.6) is 0 Å². The van der Waals surface area contributed by atoms with Crippen molar-refractivity contribution in [3.05, 3.63) is 34.2 Å². The summed E-state index contributed by atoms with van der Waals surface area (Å²) in [7, 11) is 0. The number of hydrogen-bond acceptors (Lipinski definition) is 3. The Balaban J connectivity index is 2.76. The van der Waals surface area contributed by atoms with Gasteiger partial charge in [0.15, 0.2) is 5.78 Å². The van der Waals surface area contributed by atoms with E-state index in [1.165, 1.54) is 6.92 Å². The molecule has 4 nitrogen and oxygen atoms in total. The molecule has 84 valence electrons. The predicted octanol–water partition coefficient (Wildman–Crippen LogP) is 2.38. The summed E-state index contributed by atoms with van der Waals surface area (Å²) in [5, 5.41) is 0.460. The molecule has 0 aliphatic rings. The molecule has 0 radical (unpaired) electrons. The van der Waals surface area contributed by atoms with E-state index < -0.39 is 5.63 Å². The van der Waals surface area contributed by atoms with Crippen LogP contribution in [0.15, 0.2) is 27.5 Å². The van der Waals surface area contributed by atoms with Gasteiger partial charge >= 0.3 is 5.63 Å². The summed E-state index contributed by atoms with van der Waals surface area (Å²) in [4.78, 5) is 22.8. The topological polar surface area (TPSA) is 52.2 Å². The summed E-state index contributed by atoms with van der Waals surface area (Å²) in [6.07, 6.45) is 0. The van der Waals surface area contributed by atoms with E-state index in [1.54, 1.807) is 22.9 Å². The molecule has 0 spiro atoms. The van der Waals surface area contributed by atoms with Gasteiger partial charge < -0.3 is 4.52 Å². The zero-order valence-corrected chi connectivity index (χ0v) is 9.48. The van der Waals surface area contributed by atoms with E-state index in [2.05, 4.69) is 0 Å². The van der Waals surface area contributed by atoms with Crippen molar-refractivity contribution in [2.45, 2.75) is 26.8 Å². The fraction of sp³-hybridized carbons (Fsp3) is 0.333. The largest absolute Gasteiger partial charge is 0.365 e. The first kappa shape index (κ1) is 10.7. The summed E-state index contributed by atoms with van der Waals surface area (Å²) < 4.78 is 6.67. The van der Waals surface area contributed by atoms with Crippen molar-refractivity contribution < 1.29 is 9.32 Å². The normalized spacial score (nSPS) is 11.2. The van der Waals surface area contributed by atoms with Crippen molar-refractivity contribution in [1.29, 1.82) is 0 Å². The SMILES string of the molecule is CC(=O)c1ccc2c(c1)c(=O)on2C(C)C. The monoisotopic (exact) mass is 219 g/mol. The van der Waals surface area contributed by atoms with E-state index in [0.717, 1.165) is 5.52 Å². The van der Waals surface area contributed by atoms with E-state index in [9.17, 15) is 9.59 Å². The number of hydrogen-bond donors (Lipinski definition) is 0. The van der Waals surface area contributed by atoms with Crippen LogP contribution < -0.4 is 5.63 Å². The fourth-order valence-electron chi connectivity index (χ4n) is 1.68. The number of Topliss-reactive ketones (excluding diaryl/α,β-unsaturated/α-hetero) is 1. The summed E-state index contributed by atoms with van der Waals surface area (Å²) >= 11 is 0. The lowest BCUT2D eigenvalue weighted by Crippen LogP contribution is -1.99. The summed E-state index contributed by atoms with van der Waals surface area (Å²) in [5.41, 5.74) is 0.859. The molecule has 1 heterocycles. The maximum Gasteiger partial charge on any atom is 0.365 e. The Kier molecular flexibility index (Phi) is 2.42. The van der Waals surface area contributed by atoms with Gasteiger partial charge in [-0.2, -0.15) is 0 Å². The zero-order chi connectivity index (χ0) is 11.9. The van der Waals surface area contributed by atoms with Crippen molar-refractivity contribution in [2.75, 3.05) is 0 Å². The van der Waals surface area contributed by atoms with Gasteiger partial charge in [0.25, 0.3) is 0 Å². The molecular weight excluding hydrogens is 206 g/mol. The molecule has 0 bridgehead atoms. The third-order valence-corrected chi connectivity index (χ3v) is 2.51. The van der Waals surface area contributed by atoms with Gasteiger partial charge in [-0.1, -0.05) is 0 Å². The van der Waals surface area contributed by atoms with Gasteiger partial charge in [0, 0.05) is 5.56 Å². The maximum atomic E-state index is 11.6. The summed E-state index contributed by atoms with van der Waals surface area (Å²) in [5.74, 6) is -0.0569. The van der Waals surface area contributed by atoms with E-state index >= 15 is 0 Å². The third kappa shape index (κ3) is 1.56. The van der Waals surface area contributed by atoms with Gasteiger partial charge in [-0.15, -0.1) is 0 Å². The van der Waals surface area contributed by atoms with Crippen molar-refractivity contribution >= 4 is 16.7 Å². The standard InChI is InChI=1S/C12H13NO3/c1-7(2)13-11-5-4-9(8(3)14)6-10(11)12(15)16-13/h4-7H,1-3H3. The molecule has 2 aromatic rings. The number of fused-ring (bicyclic) bond motifs is 1. The van der Waals surface area contributed by atoms with Gasteiger partial charge in [0.05, 0.1) is 16.9 Å². The van der Waals surface area contributed by atoms with Crippen molar-refractivity contribution in [2.24, 2.45) is 0 Å². The Morgan fingerprint density at radius 3 is 2.62 bits per heavy atom. The van der Waals surface area contributed by atoms with Crippen LogP contribution in [0.4, 0.5) is 0 Å². The maximum absolute atomic E-state index is 11.6.